The van der Waals surface area contributed by atoms with Crippen LogP contribution in [0.5, 0.6) is 0 Å². The Labute approximate surface area is 136 Å². The second kappa shape index (κ2) is 7.12. The fourth-order valence-corrected chi connectivity index (χ4v) is 3.06. The minimum absolute atomic E-state index is 0.703. The van der Waals surface area contributed by atoms with Crippen molar-refractivity contribution in [3.63, 3.8) is 0 Å². The largest absolute Gasteiger partial charge is 0.359 e. The third kappa shape index (κ3) is 3.67. The van der Waals surface area contributed by atoms with Crippen LogP contribution in [0.15, 0.2) is 30.3 Å². The number of para-hydroxylation sites is 1. The molecule has 0 N–H and O–H groups in total. The Balaban J connectivity index is 2.42. The summed E-state index contributed by atoms with van der Waals surface area (Å²) in [6.45, 7) is 7.64. The van der Waals surface area contributed by atoms with Gasteiger partial charge < -0.3 is 4.90 Å². The molecular formula is C17H24BrN3. The number of nitrogens with zero attached hydrogens (tertiary/aromatic N) is 3. The molecular weight excluding hydrogens is 326 g/mol. The van der Waals surface area contributed by atoms with E-state index in [0.717, 1.165) is 23.3 Å². The first-order valence-electron chi connectivity index (χ1n) is 7.45. The van der Waals surface area contributed by atoms with Crippen LogP contribution in [0.2, 0.25) is 0 Å². The van der Waals surface area contributed by atoms with Gasteiger partial charge in [0.15, 0.2) is 0 Å². The lowest BCUT2D eigenvalue weighted by molar-refractivity contribution is 0.581. The predicted octanol–water partition coefficient (Wildman–Crippen LogP) is 4.56. The van der Waals surface area contributed by atoms with Crippen LogP contribution in [0, 0.1) is 12.8 Å². The standard InChI is InChI=1S/C17H24BrN3/c1-13(2)10-11-20(4)17-16(12-18)14(3)19-21(17)15-8-6-5-7-9-15/h5-9,13H,10-12H2,1-4H3. The van der Waals surface area contributed by atoms with Gasteiger partial charge in [-0.1, -0.05) is 48.0 Å². The second-order valence-electron chi connectivity index (χ2n) is 5.87. The van der Waals surface area contributed by atoms with E-state index in [1.165, 1.54) is 17.8 Å². The number of rotatable bonds is 6. The number of alkyl halides is 1. The van der Waals surface area contributed by atoms with E-state index in [0.29, 0.717) is 5.92 Å². The minimum Gasteiger partial charge on any atom is -0.359 e. The summed E-state index contributed by atoms with van der Waals surface area (Å²) < 4.78 is 2.06. The molecule has 0 atom stereocenters. The molecule has 2 aromatic rings. The van der Waals surface area contributed by atoms with Gasteiger partial charge in [-0.2, -0.15) is 5.10 Å². The van der Waals surface area contributed by atoms with Gasteiger partial charge in [0.1, 0.15) is 5.82 Å². The summed E-state index contributed by atoms with van der Waals surface area (Å²) in [5.41, 5.74) is 3.46. The van der Waals surface area contributed by atoms with E-state index in [-0.39, 0.29) is 0 Å². The molecule has 0 aliphatic heterocycles. The van der Waals surface area contributed by atoms with Crippen molar-refractivity contribution < 1.29 is 0 Å². The zero-order valence-electron chi connectivity index (χ0n) is 13.3. The normalized spacial score (nSPS) is 11.1. The lowest BCUT2D eigenvalue weighted by Gasteiger charge is -2.23. The van der Waals surface area contributed by atoms with Crippen LogP contribution in [0.25, 0.3) is 5.69 Å². The highest BCUT2D eigenvalue weighted by molar-refractivity contribution is 9.08. The van der Waals surface area contributed by atoms with Crippen LogP contribution in [0.3, 0.4) is 0 Å². The van der Waals surface area contributed by atoms with Crippen molar-refractivity contribution in [2.24, 2.45) is 5.92 Å². The van der Waals surface area contributed by atoms with Crippen LogP contribution in [0.1, 0.15) is 31.5 Å². The Kier molecular flexibility index (Phi) is 5.45. The van der Waals surface area contributed by atoms with E-state index >= 15 is 0 Å². The summed E-state index contributed by atoms with van der Waals surface area (Å²) in [7, 11) is 2.16. The van der Waals surface area contributed by atoms with E-state index in [1.807, 2.05) is 6.07 Å². The molecule has 0 radical (unpaired) electrons. The van der Waals surface area contributed by atoms with E-state index < -0.39 is 0 Å². The van der Waals surface area contributed by atoms with Crippen molar-refractivity contribution in [3.8, 4) is 5.69 Å². The maximum atomic E-state index is 4.74. The van der Waals surface area contributed by atoms with Crippen molar-refractivity contribution in [2.75, 3.05) is 18.5 Å². The van der Waals surface area contributed by atoms with E-state index in [9.17, 15) is 0 Å². The summed E-state index contributed by atoms with van der Waals surface area (Å²) >= 11 is 3.61. The first-order valence-corrected chi connectivity index (χ1v) is 8.57. The molecule has 0 spiro atoms. The van der Waals surface area contributed by atoms with Crippen LogP contribution in [-0.2, 0) is 5.33 Å². The van der Waals surface area contributed by atoms with Gasteiger partial charge in [-0.3, -0.25) is 0 Å². The lowest BCUT2D eigenvalue weighted by Crippen LogP contribution is -2.23. The molecule has 0 saturated heterocycles. The van der Waals surface area contributed by atoms with Crippen molar-refractivity contribution in [3.05, 3.63) is 41.6 Å². The quantitative estimate of drug-likeness (QED) is 0.712. The zero-order chi connectivity index (χ0) is 15.4. The van der Waals surface area contributed by atoms with Crippen LogP contribution in [-0.4, -0.2) is 23.4 Å². The highest BCUT2D eigenvalue weighted by Gasteiger charge is 2.19. The summed E-state index contributed by atoms with van der Waals surface area (Å²) in [5.74, 6) is 1.89. The highest BCUT2D eigenvalue weighted by atomic mass is 79.9. The van der Waals surface area contributed by atoms with Gasteiger partial charge >= 0.3 is 0 Å². The molecule has 114 valence electrons. The molecule has 0 unspecified atom stereocenters. The number of aryl methyl sites for hydroxylation is 1. The first kappa shape index (κ1) is 16.1. The van der Waals surface area contributed by atoms with Crippen LogP contribution >= 0.6 is 15.9 Å². The number of anilines is 1. The number of benzene rings is 1. The van der Waals surface area contributed by atoms with Crippen molar-refractivity contribution >= 4 is 21.7 Å². The molecule has 3 nitrogen and oxygen atoms in total. The molecule has 0 amide bonds. The Bertz CT molecular complexity index is 575. The average Bonchev–Trinajstić information content (AvgIpc) is 2.82. The number of halogens is 1. The Morgan fingerprint density at radius 1 is 1.24 bits per heavy atom. The van der Waals surface area contributed by atoms with Crippen LogP contribution < -0.4 is 4.90 Å². The van der Waals surface area contributed by atoms with Crippen LogP contribution in [0.4, 0.5) is 5.82 Å². The number of hydrogen-bond donors (Lipinski definition) is 0. The van der Waals surface area contributed by atoms with E-state index in [2.05, 4.69) is 77.6 Å². The minimum atomic E-state index is 0.703. The smallest absolute Gasteiger partial charge is 0.136 e. The first-order chi connectivity index (χ1) is 10.0. The van der Waals surface area contributed by atoms with Crippen molar-refractivity contribution in [1.29, 1.82) is 0 Å². The lowest BCUT2D eigenvalue weighted by atomic mass is 10.1. The van der Waals surface area contributed by atoms with Gasteiger partial charge in [0.05, 0.1) is 11.4 Å². The summed E-state index contributed by atoms with van der Waals surface area (Å²) in [6.07, 6.45) is 1.18. The second-order valence-corrected chi connectivity index (χ2v) is 6.43. The molecule has 1 heterocycles. The molecule has 1 aromatic carbocycles. The molecule has 0 saturated carbocycles. The average molecular weight is 350 g/mol. The predicted molar refractivity (Wildman–Crippen MR) is 93.7 cm³/mol. The van der Waals surface area contributed by atoms with Gasteiger partial charge in [0, 0.05) is 24.5 Å². The van der Waals surface area contributed by atoms with Gasteiger partial charge in [-0.15, -0.1) is 0 Å². The Hall–Kier alpha value is -1.29. The van der Waals surface area contributed by atoms with Gasteiger partial charge in [-0.25, -0.2) is 4.68 Å². The van der Waals surface area contributed by atoms with E-state index in [1.54, 1.807) is 0 Å². The molecule has 21 heavy (non-hydrogen) atoms. The third-order valence-electron chi connectivity index (χ3n) is 3.70. The number of hydrogen-bond acceptors (Lipinski definition) is 2. The molecule has 0 fully saturated rings. The van der Waals surface area contributed by atoms with Gasteiger partial charge in [0.2, 0.25) is 0 Å². The molecule has 0 aliphatic carbocycles. The number of aromatic nitrogens is 2. The maximum absolute atomic E-state index is 4.74. The highest BCUT2D eigenvalue weighted by Crippen LogP contribution is 2.28. The van der Waals surface area contributed by atoms with Crippen molar-refractivity contribution in [1.82, 2.24) is 9.78 Å². The summed E-state index contributed by atoms with van der Waals surface area (Å²) in [6, 6.07) is 10.3. The molecule has 0 aliphatic rings. The Morgan fingerprint density at radius 2 is 1.90 bits per heavy atom. The summed E-state index contributed by atoms with van der Waals surface area (Å²) in [5, 5.41) is 5.57. The maximum Gasteiger partial charge on any atom is 0.136 e. The molecule has 4 heteroatoms. The monoisotopic (exact) mass is 349 g/mol. The van der Waals surface area contributed by atoms with Gasteiger partial charge in [0.25, 0.3) is 0 Å². The fraction of sp³-hybridized carbons (Fsp3) is 0.471. The zero-order valence-corrected chi connectivity index (χ0v) is 14.9. The Morgan fingerprint density at radius 3 is 2.48 bits per heavy atom. The third-order valence-corrected chi connectivity index (χ3v) is 4.26. The molecule has 0 bridgehead atoms. The molecule has 2 rings (SSSR count). The SMILES string of the molecule is Cc1nn(-c2ccccc2)c(N(C)CCC(C)C)c1CBr. The van der Waals surface area contributed by atoms with Gasteiger partial charge in [-0.05, 0) is 31.4 Å². The van der Waals surface area contributed by atoms with Crippen molar-refractivity contribution in [2.45, 2.75) is 32.5 Å². The summed E-state index contributed by atoms with van der Waals surface area (Å²) in [4.78, 5) is 2.32. The fourth-order valence-electron chi connectivity index (χ4n) is 2.40. The topological polar surface area (TPSA) is 21.1 Å². The molecule has 1 aromatic heterocycles. The van der Waals surface area contributed by atoms with E-state index in [4.69, 9.17) is 5.10 Å².